The van der Waals surface area contributed by atoms with Gasteiger partial charge in [-0.2, -0.15) is 4.36 Å². The molecular formula is C24H23N3OS2. The summed E-state index contributed by atoms with van der Waals surface area (Å²) < 4.78 is 17.6. The summed E-state index contributed by atoms with van der Waals surface area (Å²) in [6, 6.07) is 21.6. The van der Waals surface area contributed by atoms with E-state index in [0.717, 1.165) is 33.1 Å². The normalized spacial score (nSPS) is 13.0. The van der Waals surface area contributed by atoms with Gasteiger partial charge < -0.3 is 0 Å². The summed E-state index contributed by atoms with van der Waals surface area (Å²) in [5.41, 5.74) is 4.26. The smallest absolute Gasteiger partial charge is 0.162 e. The zero-order valence-corrected chi connectivity index (χ0v) is 18.8. The van der Waals surface area contributed by atoms with Crippen LogP contribution >= 0.6 is 11.3 Å². The lowest BCUT2D eigenvalue weighted by Crippen LogP contribution is -1.96. The molecule has 0 amide bonds. The van der Waals surface area contributed by atoms with Crippen molar-refractivity contribution in [3.63, 3.8) is 0 Å². The molecule has 1 atom stereocenters. The van der Waals surface area contributed by atoms with Gasteiger partial charge in [0.1, 0.15) is 0 Å². The number of hydrogen-bond acceptors (Lipinski definition) is 5. The summed E-state index contributed by atoms with van der Waals surface area (Å²) in [5, 5.41) is 1.08. The molecule has 0 aliphatic heterocycles. The van der Waals surface area contributed by atoms with Crippen LogP contribution in [-0.4, -0.2) is 20.4 Å². The Kier molecular flexibility index (Phi) is 5.79. The van der Waals surface area contributed by atoms with Crippen molar-refractivity contribution in [1.82, 2.24) is 9.97 Å². The lowest BCUT2D eigenvalue weighted by Gasteiger charge is -2.06. The molecule has 0 spiro atoms. The van der Waals surface area contributed by atoms with Crippen LogP contribution in [0.2, 0.25) is 0 Å². The molecule has 0 aliphatic carbocycles. The summed E-state index contributed by atoms with van der Waals surface area (Å²) in [7, 11) is -2.58. The molecule has 30 heavy (non-hydrogen) atoms. The number of aryl methyl sites for hydroxylation is 2. The van der Waals surface area contributed by atoms with E-state index < -0.39 is 9.73 Å². The zero-order valence-electron chi connectivity index (χ0n) is 17.2. The second kappa shape index (κ2) is 8.50. The highest BCUT2D eigenvalue weighted by Gasteiger charge is 2.15. The first-order chi connectivity index (χ1) is 14.5. The third-order valence-corrected chi connectivity index (χ3v) is 7.69. The van der Waals surface area contributed by atoms with E-state index in [1.165, 1.54) is 5.56 Å². The Labute approximate surface area is 181 Å². The van der Waals surface area contributed by atoms with Gasteiger partial charge in [0.15, 0.2) is 5.82 Å². The van der Waals surface area contributed by atoms with E-state index in [4.69, 9.17) is 4.98 Å². The van der Waals surface area contributed by atoms with Crippen LogP contribution in [0.15, 0.2) is 82.2 Å². The number of aromatic nitrogens is 2. The van der Waals surface area contributed by atoms with Crippen molar-refractivity contribution in [3.05, 3.63) is 83.5 Å². The fourth-order valence-electron chi connectivity index (χ4n) is 3.13. The van der Waals surface area contributed by atoms with Crippen LogP contribution in [0.1, 0.15) is 17.5 Å². The summed E-state index contributed by atoms with van der Waals surface area (Å²) in [6.07, 6.45) is 4.25. The fraction of sp³-hybridized carbons (Fsp3) is 0.167. The zero-order chi connectivity index (χ0) is 21.1. The standard InChI is InChI=1S/C24H23N3OS2/c1-4-22-26-23(18-12-10-17(2)11-13-18)24(29-22)19-14-15-25-21(16-19)27-30(3,28)20-8-6-5-7-9-20/h5-16H,4H2,1-3H3. The highest BCUT2D eigenvalue weighted by Crippen LogP contribution is 2.38. The highest BCUT2D eigenvalue weighted by molar-refractivity contribution is 7.93. The summed E-state index contributed by atoms with van der Waals surface area (Å²) in [5.74, 6) is 0.463. The minimum absolute atomic E-state index is 0.463. The van der Waals surface area contributed by atoms with Crippen molar-refractivity contribution in [1.29, 1.82) is 0 Å². The van der Waals surface area contributed by atoms with Gasteiger partial charge in [0.2, 0.25) is 0 Å². The summed E-state index contributed by atoms with van der Waals surface area (Å²) >= 11 is 1.68. The van der Waals surface area contributed by atoms with E-state index >= 15 is 0 Å². The molecule has 4 rings (SSSR count). The molecule has 0 bridgehead atoms. The van der Waals surface area contributed by atoms with E-state index in [0.29, 0.717) is 10.7 Å². The molecule has 2 heterocycles. The van der Waals surface area contributed by atoms with E-state index in [2.05, 4.69) is 47.5 Å². The van der Waals surface area contributed by atoms with Crippen LogP contribution < -0.4 is 0 Å². The first-order valence-electron chi connectivity index (χ1n) is 9.76. The predicted molar refractivity (Wildman–Crippen MR) is 126 cm³/mol. The molecule has 0 saturated heterocycles. The number of benzene rings is 2. The maximum atomic E-state index is 13.2. The third-order valence-electron chi connectivity index (χ3n) is 4.75. The predicted octanol–water partition coefficient (Wildman–Crippen LogP) is 6.53. The van der Waals surface area contributed by atoms with Crippen molar-refractivity contribution in [2.24, 2.45) is 4.36 Å². The molecule has 0 aliphatic rings. The van der Waals surface area contributed by atoms with Gasteiger partial charge in [-0.3, -0.25) is 0 Å². The maximum absolute atomic E-state index is 13.2. The molecule has 6 heteroatoms. The molecule has 2 aromatic carbocycles. The van der Waals surface area contributed by atoms with Crippen LogP contribution in [0.3, 0.4) is 0 Å². The van der Waals surface area contributed by atoms with Gasteiger partial charge in [0.05, 0.1) is 25.3 Å². The van der Waals surface area contributed by atoms with Crippen molar-refractivity contribution < 1.29 is 4.21 Å². The van der Waals surface area contributed by atoms with Gasteiger partial charge in [-0.1, -0.05) is 55.0 Å². The number of rotatable bonds is 5. The minimum atomic E-state index is -2.58. The second-order valence-electron chi connectivity index (χ2n) is 7.11. The molecule has 2 aromatic heterocycles. The molecule has 0 radical (unpaired) electrons. The summed E-state index contributed by atoms with van der Waals surface area (Å²) in [4.78, 5) is 11.0. The third kappa shape index (κ3) is 4.35. The van der Waals surface area contributed by atoms with Gasteiger partial charge in [-0.15, -0.1) is 11.3 Å². The Morgan fingerprint density at radius 1 is 1.00 bits per heavy atom. The average Bonchev–Trinajstić information content (AvgIpc) is 3.19. The SMILES string of the molecule is CCc1nc(-c2ccc(C)cc2)c(-c2ccnc(N=S(C)(=O)c3ccccc3)c2)s1. The van der Waals surface area contributed by atoms with Crippen molar-refractivity contribution in [3.8, 4) is 21.7 Å². The van der Waals surface area contributed by atoms with Gasteiger partial charge in [0.25, 0.3) is 0 Å². The molecule has 4 aromatic rings. The molecule has 0 fully saturated rings. The van der Waals surface area contributed by atoms with Gasteiger partial charge >= 0.3 is 0 Å². The molecule has 152 valence electrons. The minimum Gasteiger partial charge on any atom is -0.245 e. The second-order valence-corrected chi connectivity index (χ2v) is 10.5. The molecule has 0 N–H and O–H groups in total. The highest BCUT2D eigenvalue weighted by atomic mass is 32.2. The van der Waals surface area contributed by atoms with E-state index in [-0.39, 0.29) is 0 Å². The maximum Gasteiger partial charge on any atom is 0.162 e. The molecule has 0 saturated carbocycles. The van der Waals surface area contributed by atoms with Gasteiger partial charge in [-0.05, 0) is 43.2 Å². The molecule has 1 unspecified atom stereocenters. The first-order valence-corrected chi connectivity index (χ1v) is 12.5. The van der Waals surface area contributed by atoms with Gasteiger partial charge in [-0.25, -0.2) is 14.2 Å². The van der Waals surface area contributed by atoms with E-state index in [1.54, 1.807) is 23.8 Å². The quantitative estimate of drug-likeness (QED) is 0.359. The topological polar surface area (TPSA) is 55.2 Å². The van der Waals surface area contributed by atoms with Crippen molar-refractivity contribution in [2.45, 2.75) is 25.2 Å². The Hall–Kier alpha value is -2.83. The van der Waals surface area contributed by atoms with Crippen LogP contribution in [0.5, 0.6) is 0 Å². The van der Waals surface area contributed by atoms with Crippen molar-refractivity contribution >= 4 is 26.9 Å². The van der Waals surface area contributed by atoms with E-state index in [9.17, 15) is 4.21 Å². The first kappa shape index (κ1) is 20.4. The Morgan fingerprint density at radius 2 is 1.73 bits per heavy atom. The Bertz CT molecular complexity index is 1290. The number of hydrogen-bond donors (Lipinski definition) is 0. The largest absolute Gasteiger partial charge is 0.245 e. The number of nitrogens with zero attached hydrogens (tertiary/aromatic N) is 3. The van der Waals surface area contributed by atoms with Crippen LogP contribution in [0.4, 0.5) is 5.82 Å². The molecule has 4 nitrogen and oxygen atoms in total. The van der Waals surface area contributed by atoms with E-state index in [1.807, 2.05) is 42.5 Å². The average molecular weight is 434 g/mol. The van der Waals surface area contributed by atoms with Crippen molar-refractivity contribution in [2.75, 3.05) is 6.26 Å². The lowest BCUT2D eigenvalue weighted by molar-refractivity contribution is 0.680. The lowest BCUT2D eigenvalue weighted by atomic mass is 10.1. The van der Waals surface area contributed by atoms with Crippen LogP contribution in [0, 0.1) is 6.92 Å². The van der Waals surface area contributed by atoms with Crippen LogP contribution in [-0.2, 0) is 16.1 Å². The monoisotopic (exact) mass is 433 g/mol. The fourth-order valence-corrected chi connectivity index (χ4v) is 5.38. The summed E-state index contributed by atoms with van der Waals surface area (Å²) in [6.45, 7) is 4.19. The molecular weight excluding hydrogens is 410 g/mol. The number of thiazole rings is 1. The Balaban J connectivity index is 1.80. The van der Waals surface area contributed by atoms with Gasteiger partial charge in [0, 0.05) is 22.9 Å². The number of pyridine rings is 1. The van der Waals surface area contributed by atoms with Crippen LogP contribution in [0.25, 0.3) is 21.7 Å². The Morgan fingerprint density at radius 3 is 2.43 bits per heavy atom.